The zero-order valence-corrected chi connectivity index (χ0v) is 17.2. The van der Waals surface area contributed by atoms with E-state index in [4.69, 9.17) is 15.7 Å². The highest BCUT2D eigenvalue weighted by Crippen LogP contribution is 2.29. The maximum Gasteiger partial charge on any atom is 0.155 e. The number of aryl methyl sites for hydroxylation is 3. The molecule has 0 aromatic carbocycles. The average Bonchev–Trinajstić information content (AvgIpc) is 3.44. The number of fused-ring (bicyclic) bond motifs is 1. The first kappa shape index (κ1) is 19.1. The molecule has 0 fully saturated rings. The molecule has 0 saturated heterocycles. The Morgan fingerprint density at radius 1 is 1.03 bits per heavy atom. The van der Waals surface area contributed by atoms with Crippen LogP contribution < -0.4 is 5.73 Å². The van der Waals surface area contributed by atoms with Gasteiger partial charge in [-0.15, -0.1) is 0 Å². The number of aromatic nitrogens is 7. The highest BCUT2D eigenvalue weighted by Gasteiger charge is 2.16. The number of hydrogen-bond donors (Lipinski definition) is 2. The van der Waals surface area contributed by atoms with Crippen LogP contribution in [0.2, 0.25) is 0 Å². The van der Waals surface area contributed by atoms with Crippen LogP contribution in [0.4, 0.5) is 0 Å². The highest BCUT2D eigenvalue weighted by atomic mass is 15.3. The van der Waals surface area contributed by atoms with Crippen LogP contribution in [-0.4, -0.2) is 34.5 Å². The Morgan fingerprint density at radius 2 is 1.94 bits per heavy atom. The molecule has 154 valence electrons. The van der Waals surface area contributed by atoms with E-state index < -0.39 is 0 Å². The molecule has 5 rings (SSSR count). The zero-order valence-electron chi connectivity index (χ0n) is 17.2. The average molecular weight is 410 g/mol. The standard InChI is InChI=1S/C23H22N8/c1-15-3-2-4-19(28-15)23-22(18-6-8-21-26-14-27-31(21)13-18)29-20(30-23)7-5-16-9-17(10-24)12-25-11-16/h2-4,6,8-9,11-14H,5,7,10,24H2,1H3,(H,29,30). The van der Waals surface area contributed by atoms with Crippen molar-refractivity contribution in [3.8, 4) is 22.6 Å². The molecule has 0 aliphatic rings. The van der Waals surface area contributed by atoms with Gasteiger partial charge in [-0.2, -0.15) is 5.10 Å². The molecule has 8 nitrogen and oxygen atoms in total. The van der Waals surface area contributed by atoms with Crippen LogP contribution >= 0.6 is 0 Å². The lowest BCUT2D eigenvalue weighted by atomic mass is 10.1. The van der Waals surface area contributed by atoms with Crippen molar-refractivity contribution in [3.05, 3.63) is 84.0 Å². The monoisotopic (exact) mass is 410 g/mol. The van der Waals surface area contributed by atoms with Crippen LogP contribution in [0.25, 0.3) is 28.3 Å². The molecule has 0 amide bonds. The van der Waals surface area contributed by atoms with E-state index in [1.54, 1.807) is 17.0 Å². The van der Waals surface area contributed by atoms with E-state index in [0.29, 0.717) is 6.54 Å². The van der Waals surface area contributed by atoms with Gasteiger partial charge in [0.2, 0.25) is 0 Å². The van der Waals surface area contributed by atoms with E-state index in [2.05, 4.69) is 26.1 Å². The van der Waals surface area contributed by atoms with Gasteiger partial charge in [-0.05, 0) is 48.7 Å². The van der Waals surface area contributed by atoms with Crippen LogP contribution in [0.5, 0.6) is 0 Å². The Morgan fingerprint density at radius 3 is 2.81 bits per heavy atom. The maximum absolute atomic E-state index is 5.74. The summed E-state index contributed by atoms with van der Waals surface area (Å²) >= 11 is 0. The summed E-state index contributed by atoms with van der Waals surface area (Å²) < 4.78 is 1.75. The molecule has 8 heteroatoms. The quantitative estimate of drug-likeness (QED) is 0.445. The molecule has 0 aliphatic carbocycles. The fraction of sp³-hybridized carbons (Fsp3) is 0.174. The van der Waals surface area contributed by atoms with Crippen LogP contribution in [0.1, 0.15) is 22.6 Å². The second kappa shape index (κ2) is 8.08. The smallest absolute Gasteiger partial charge is 0.155 e. The van der Waals surface area contributed by atoms with E-state index in [1.807, 2.05) is 49.6 Å². The second-order valence-corrected chi connectivity index (χ2v) is 7.46. The van der Waals surface area contributed by atoms with E-state index in [9.17, 15) is 0 Å². The minimum atomic E-state index is 0.486. The number of pyridine rings is 3. The molecule has 0 atom stereocenters. The predicted molar refractivity (Wildman–Crippen MR) is 118 cm³/mol. The van der Waals surface area contributed by atoms with Gasteiger partial charge in [0, 0.05) is 42.8 Å². The topological polar surface area (TPSA) is 111 Å². The van der Waals surface area contributed by atoms with Gasteiger partial charge in [-0.1, -0.05) is 12.1 Å². The van der Waals surface area contributed by atoms with E-state index in [0.717, 1.165) is 63.8 Å². The summed E-state index contributed by atoms with van der Waals surface area (Å²) in [6, 6.07) is 12.0. The summed E-state index contributed by atoms with van der Waals surface area (Å²) in [5, 5.41) is 4.26. The van der Waals surface area contributed by atoms with Gasteiger partial charge in [0.25, 0.3) is 0 Å². The number of hydrogen-bond acceptors (Lipinski definition) is 6. The summed E-state index contributed by atoms with van der Waals surface area (Å²) in [5.74, 6) is 0.894. The fourth-order valence-corrected chi connectivity index (χ4v) is 3.63. The Labute approximate surface area is 179 Å². The number of aromatic amines is 1. The lowest BCUT2D eigenvalue weighted by Gasteiger charge is -2.04. The summed E-state index contributed by atoms with van der Waals surface area (Å²) in [6.07, 6.45) is 8.73. The molecule has 5 aromatic heterocycles. The van der Waals surface area contributed by atoms with E-state index in [1.165, 1.54) is 0 Å². The number of rotatable bonds is 6. The van der Waals surface area contributed by atoms with Gasteiger partial charge in [0.05, 0.1) is 17.1 Å². The molecular formula is C23H22N8. The van der Waals surface area contributed by atoms with Gasteiger partial charge in [0.1, 0.15) is 12.2 Å². The molecule has 0 bridgehead atoms. The summed E-state index contributed by atoms with van der Waals surface area (Å²) in [5.41, 5.74) is 13.2. The molecule has 31 heavy (non-hydrogen) atoms. The van der Waals surface area contributed by atoms with E-state index >= 15 is 0 Å². The summed E-state index contributed by atoms with van der Waals surface area (Å²) in [6.45, 7) is 2.47. The Bertz CT molecular complexity index is 1350. The van der Waals surface area contributed by atoms with Gasteiger partial charge in [-0.25, -0.2) is 14.5 Å². The van der Waals surface area contributed by atoms with Gasteiger partial charge < -0.3 is 10.7 Å². The Kier molecular flexibility index (Phi) is 4.97. The number of nitrogens with one attached hydrogen (secondary N) is 1. The number of nitrogens with zero attached hydrogens (tertiary/aromatic N) is 6. The lowest BCUT2D eigenvalue weighted by Crippen LogP contribution is -2.00. The van der Waals surface area contributed by atoms with Crippen molar-refractivity contribution in [2.75, 3.05) is 0 Å². The minimum absolute atomic E-state index is 0.486. The first-order valence-electron chi connectivity index (χ1n) is 10.1. The van der Waals surface area contributed by atoms with Gasteiger partial charge in [-0.3, -0.25) is 9.97 Å². The van der Waals surface area contributed by atoms with Crippen molar-refractivity contribution in [2.24, 2.45) is 5.73 Å². The normalized spacial score (nSPS) is 11.3. The second-order valence-electron chi connectivity index (χ2n) is 7.46. The fourth-order valence-electron chi connectivity index (χ4n) is 3.63. The van der Waals surface area contributed by atoms with Crippen molar-refractivity contribution in [1.82, 2.24) is 34.5 Å². The van der Waals surface area contributed by atoms with Crippen molar-refractivity contribution in [3.63, 3.8) is 0 Å². The summed E-state index contributed by atoms with van der Waals surface area (Å²) in [4.78, 5) is 21.6. The Hall–Kier alpha value is -3.91. The van der Waals surface area contributed by atoms with Crippen LogP contribution in [0.3, 0.4) is 0 Å². The SMILES string of the molecule is Cc1cccc(-c2[nH]c(CCc3cncc(CN)c3)nc2-c2ccc3ncnn3c2)n1. The molecular weight excluding hydrogens is 388 g/mol. The van der Waals surface area contributed by atoms with Crippen LogP contribution in [0, 0.1) is 6.92 Å². The first-order chi connectivity index (χ1) is 15.2. The molecule has 5 heterocycles. The maximum atomic E-state index is 5.74. The third-order valence-electron chi connectivity index (χ3n) is 5.18. The molecule has 0 saturated carbocycles. The minimum Gasteiger partial charge on any atom is -0.340 e. The third kappa shape index (κ3) is 3.93. The largest absolute Gasteiger partial charge is 0.340 e. The van der Waals surface area contributed by atoms with Gasteiger partial charge in [0.15, 0.2) is 5.65 Å². The molecule has 0 radical (unpaired) electrons. The molecule has 0 unspecified atom stereocenters. The third-order valence-corrected chi connectivity index (χ3v) is 5.18. The molecule has 3 N–H and O–H groups in total. The highest BCUT2D eigenvalue weighted by molar-refractivity contribution is 5.77. The first-order valence-corrected chi connectivity index (χ1v) is 10.1. The van der Waals surface area contributed by atoms with Crippen LogP contribution in [-0.2, 0) is 19.4 Å². The summed E-state index contributed by atoms with van der Waals surface area (Å²) in [7, 11) is 0. The van der Waals surface area contributed by atoms with Crippen LogP contribution in [0.15, 0.2) is 61.3 Å². The van der Waals surface area contributed by atoms with Crippen molar-refractivity contribution >= 4 is 5.65 Å². The number of nitrogens with two attached hydrogens (primary N) is 1. The molecule has 5 aromatic rings. The van der Waals surface area contributed by atoms with Crippen molar-refractivity contribution in [1.29, 1.82) is 0 Å². The van der Waals surface area contributed by atoms with Gasteiger partial charge >= 0.3 is 0 Å². The number of H-pyrrole nitrogens is 1. The number of imidazole rings is 1. The Balaban J connectivity index is 1.53. The zero-order chi connectivity index (χ0) is 21.2. The molecule has 0 aliphatic heterocycles. The molecule has 0 spiro atoms. The van der Waals surface area contributed by atoms with E-state index in [-0.39, 0.29) is 0 Å². The predicted octanol–water partition coefficient (Wildman–Crippen LogP) is 3.13. The van der Waals surface area contributed by atoms with Crippen molar-refractivity contribution in [2.45, 2.75) is 26.3 Å². The van der Waals surface area contributed by atoms with Crippen molar-refractivity contribution < 1.29 is 0 Å². The lowest BCUT2D eigenvalue weighted by molar-refractivity contribution is 0.874.